The van der Waals surface area contributed by atoms with Gasteiger partial charge in [-0.05, 0) is 24.6 Å². The third-order valence-electron chi connectivity index (χ3n) is 3.28. The first-order valence-electron chi connectivity index (χ1n) is 7.23. The Labute approximate surface area is 135 Å². The van der Waals surface area contributed by atoms with Crippen molar-refractivity contribution in [3.63, 3.8) is 0 Å². The van der Waals surface area contributed by atoms with Crippen molar-refractivity contribution >= 4 is 17.5 Å². The largest absolute Gasteiger partial charge is 0.493 e. The lowest BCUT2D eigenvalue weighted by molar-refractivity contribution is -0.126. The lowest BCUT2D eigenvalue weighted by Crippen LogP contribution is -2.51. The number of morpholine rings is 1. The summed E-state index contributed by atoms with van der Waals surface area (Å²) < 4.78 is 16.0. The predicted molar refractivity (Wildman–Crippen MR) is 83.6 cm³/mol. The summed E-state index contributed by atoms with van der Waals surface area (Å²) in [6, 6.07) is 3.26. The van der Waals surface area contributed by atoms with Gasteiger partial charge in [0.2, 0.25) is 5.91 Å². The van der Waals surface area contributed by atoms with Crippen LogP contribution in [0.25, 0.3) is 0 Å². The summed E-state index contributed by atoms with van der Waals surface area (Å²) >= 11 is 6.21. The number of amides is 1. The molecule has 2 N–H and O–H groups in total. The Hall–Kier alpha value is -1.50. The minimum absolute atomic E-state index is 0.0938. The average Bonchev–Trinajstić information content (AvgIpc) is 2.55. The van der Waals surface area contributed by atoms with Crippen molar-refractivity contribution in [2.45, 2.75) is 19.5 Å². The van der Waals surface area contributed by atoms with Gasteiger partial charge in [0.1, 0.15) is 6.04 Å². The number of methoxy groups -OCH3 is 1. The Morgan fingerprint density at radius 3 is 3.00 bits per heavy atom. The molecule has 122 valence electrons. The van der Waals surface area contributed by atoms with Gasteiger partial charge in [-0.15, -0.1) is 0 Å². The second-order valence-corrected chi connectivity index (χ2v) is 5.25. The van der Waals surface area contributed by atoms with Crippen LogP contribution >= 0.6 is 11.6 Å². The van der Waals surface area contributed by atoms with E-state index in [1.165, 1.54) is 0 Å². The highest BCUT2D eigenvalue weighted by Crippen LogP contribution is 2.36. The van der Waals surface area contributed by atoms with Crippen molar-refractivity contribution in [3.05, 3.63) is 22.7 Å². The highest BCUT2D eigenvalue weighted by atomic mass is 35.5. The summed E-state index contributed by atoms with van der Waals surface area (Å²) in [6.45, 7) is 4.44. The van der Waals surface area contributed by atoms with Gasteiger partial charge >= 0.3 is 0 Å². The molecular weight excluding hydrogens is 308 g/mol. The maximum absolute atomic E-state index is 12.0. The van der Waals surface area contributed by atoms with E-state index < -0.39 is 0 Å². The van der Waals surface area contributed by atoms with Crippen molar-refractivity contribution in [2.75, 3.05) is 33.5 Å². The fourth-order valence-electron chi connectivity index (χ4n) is 2.21. The first-order valence-corrected chi connectivity index (χ1v) is 7.61. The molecule has 0 spiro atoms. The molecular formula is C15H21ClN2O4. The number of hydrogen-bond acceptors (Lipinski definition) is 5. The minimum atomic E-state index is -0.311. The Balaban J connectivity index is 2.00. The van der Waals surface area contributed by atoms with Crippen molar-refractivity contribution in [1.82, 2.24) is 10.6 Å². The summed E-state index contributed by atoms with van der Waals surface area (Å²) in [7, 11) is 1.56. The summed E-state index contributed by atoms with van der Waals surface area (Å²) in [5, 5.41) is 6.43. The number of carbonyl (C=O) groups is 1. The molecule has 1 heterocycles. The zero-order valence-electron chi connectivity index (χ0n) is 12.8. The van der Waals surface area contributed by atoms with Gasteiger partial charge in [0.05, 0.1) is 32.0 Å². The molecule has 0 aromatic heterocycles. The molecule has 1 saturated heterocycles. The summed E-state index contributed by atoms with van der Waals surface area (Å²) in [5.74, 6) is 0.977. The molecule has 6 nitrogen and oxygen atoms in total. The van der Waals surface area contributed by atoms with Gasteiger partial charge in [-0.3, -0.25) is 4.79 Å². The molecule has 1 atom stereocenters. The van der Waals surface area contributed by atoms with Gasteiger partial charge in [-0.25, -0.2) is 0 Å². The Morgan fingerprint density at radius 1 is 1.55 bits per heavy atom. The molecule has 1 aromatic carbocycles. The van der Waals surface area contributed by atoms with Gasteiger partial charge in [0.25, 0.3) is 0 Å². The Morgan fingerprint density at radius 2 is 2.36 bits per heavy atom. The number of rotatable bonds is 6. The molecule has 1 amide bonds. The van der Waals surface area contributed by atoms with Crippen LogP contribution in [0.3, 0.4) is 0 Å². The highest BCUT2D eigenvalue weighted by molar-refractivity contribution is 6.32. The average molecular weight is 329 g/mol. The molecule has 1 unspecified atom stereocenters. The van der Waals surface area contributed by atoms with Crippen molar-refractivity contribution in [2.24, 2.45) is 0 Å². The third-order valence-corrected chi connectivity index (χ3v) is 3.56. The minimum Gasteiger partial charge on any atom is -0.493 e. The van der Waals surface area contributed by atoms with Gasteiger partial charge in [0.15, 0.2) is 11.5 Å². The van der Waals surface area contributed by atoms with Crippen LogP contribution in [0.1, 0.15) is 12.5 Å². The van der Waals surface area contributed by atoms with Gasteiger partial charge in [-0.2, -0.15) is 0 Å². The zero-order chi connectivity index (χ0) is 15.9. The second kappa shape index (κ2) is 8.22. The lowest BCUT2D eigenvalue weighted by Gasteiger charge is -2.23. The van der Waals surface area contributed by atoms with E-state index >= 15 is 0 Å². The van der Waals surface area contributed by atoms with E-state index in [-0.39, 0.29) is 11.9 Å². The standard InChI is InChI=1S/C15H21ClN2O4/c1-3-22-14-11(16)6-10(7-13(14)20-2)8-18-15(19)12-9-21-5-4-17-12/h6-7,12,17H,3-5,8-9H2,1-2H3,(H,18,19). The van der Waals surface area contributed by atoms with E-state index in [2.05, 4.69) is 10.6 Å². The summed E-state index contributed by atoms with van der Waals surface area (Å²) in [5.41, 5.74) is 0.843. The van der Waals surface area contributed by atoms with Crippen LogP contribution in [0.2, 0.25) is 5.02 Å². The van der Waals surface area contributed by atoms with Crippen molar-refractivity contribution in [3.8, 4) is 11.5 Å². The van der Waals surface area contributed by atoms with Crippen LogP contribution in [0.15, 0.2) is 12.1 Å². The lowest BCUT2D eigenvalue weighted by atomic mass is 10.2. The summed E-state index contributed by atoms with van der Waals surface area (Å²) in [6.07, 6.45) is 0. The highest BCUT2D eigenvalue weighted by Gasteiger charge is 2.21. The monoisotopic (exact) mass is 328 g/mol. The van der Waals surface area contributed by atoms with Gasteiger partial charge in [0, 0.05) is 13.1 Å². The molecule has 1 aliphatic rings. The van der Waals surface area contributed by atoms with Crippen LogP contribution < -0.4 is 20.1 Å². The van der Waals surface area contributed by atoms with Crippen molar-refractivity contribution in [1.29, 1.82) is 0 Å². The smallest absolute Gasteiger partial charge is 0.239 e. The number of nitrogens with one attached hydrogen (secondary N) is 2. The Bertz CT molecular complexity index is 519. The van der Waals surface area contributed by atoms with E-state index in [1.54, 1.807) is 13.2 Å². The van der Waals surface area contributed by atoms with Crippen LogP contribution in [0, 0.1) is 0 Å². The molecule has 1 aliphatic heterocycles. The van der Waals surface area contributed by atoms with Crippen LogP contribution in [0.5, 0.6) is 11.5 Å². The topological polar surface area (TPSA) is 68.8 Å². The quantitative estimate of drug-likeness (QED) is 0.825. The van der Waals surface area contributed by atoms with E-state index in [4.69, 9.17) is 25.8 Å². The zero-order valence-corrected chi connectivity index (χ0v) is 13.5. The van der Waals surface area contributed by atoms with Crippen LogP contribution in [-0.2, 0) is 16.1 Å². The third kappa shape index (κ3) is 4.25. The Kier molecular flexibility index (Phi) is 6.30. The molecule has 2 rings (SSSR count). The van der Waals surface area contributed by atoms with E-state index in [9.17, 15) is 4.79 Å². The van der Waals surface area contributed by atoms with E-state index in [1.807, 2.05) is 13.0 Å². The molecule has 0 radical (unpaired) electrons. The number of hydrogen-bond donors (Lipinski definition) is 2. The maximum Gasteiger partial charge on any atom is 0.239 e. The van der Waals surface area contributed by atoms with Gasteiger partial charge < -0.3 is 24.8 Å². The predicted octanol–water partition coefficient (Wildman–Crippen LogP) is 1.35. The van der Waals surface area contributed by atoms with Gasteiger partial charge in [-0.1, -0.05) is 11.6 Å². The fraction of sp³-hybridized carbons (Fsp3) is 0.533. The van der Waals surface area contributed by atoms with Crippen molar-refractivity contribution < 1.29 is 19.0 Å². The second-order valence-electron chi connectivity index (χ2n) is 4.84. The molecule has 1 aromatic rings. The normalized spacial score (nSPS) is 17.9. The van der Waals surface area contributed by atoms with E-state index in [0.717, 1.165) is 5.56 Å². The molecule has 0 saturated carbocycles. The molecule has 22 heavy (non-hydrogen) atoms. The maximum atomic E-state index is 12.0. The van der Waals surface area contributed by atoms with Crippen LogP contribution in [-0.4, -0.2) is 45.4 Å². The summed E-state index contributed by atoms with van der Waals surface area (Å²) in [4.78, 5) is 12.0. The SMILES string of the molecule is CCOc1c(Cl)cc(CNC(=O)C2COCCN2)cc1OC. The number of ether oxygens (including phenoxy) is 3. The van der Waals surface area contributed by atoms with E-state index in [0.29, 0.717) is 49.4 Å². The first kappa shape index (κ1) is 16.9. The molecule has 7 heteroatoms. The number of carbonyl (C=O) groups excluding carboxylic acids is 1. The fourth-order valence-corrected chi connectivity index (χ4v) is 2.49. The van der Waals surface area contributed by atoms with Crippen LogP contribution in [0.4, 0.5) is 0 Å². The number of benzene rings is 1. The molecule has 0 aliphatic carbocycles. The molecule has 1 fully saturated rings. The first-order chi connectivity index (χ1) is 10.7. The number of halogens is 1. The molecule has 0 bridgehead atoms.